The van der Waals surface area contributed by atoms with Crippen LogP contribution in [0.15, 0.2) is 36.4 Å². The molecule has 3 rings (SSSR count). The monoisotopic (exact) mass is 300 g/mol. The fraction of sp³-hybridized carbons (Fsp3) is 0.235. The summed E-state index contributed by atoms with van der Waals surface area (Å²) >= 11 is 1.60. The van der Waals surface area contributed by atoms with Crippen molar-refractivity contribution in [2.75, 3.05) is 12.4 Å². The Morgan fingerprint density at radius 2 is 1.86 bits per heavy atom. The van der Waals surface area contributed by atoms with Crippen LogP contribution in [0, 0.1) is 6.92 Å². The molecule has 3 nitrogen and oxygen atoms in total. The quantitative estimate of drug-likeness (QED) is 0.696. The lowest BCUT2D eigenvalue weighted by atomic mass is 10.1. The zero-order valence-electron chi connectivity index (χ0n) is 12.8. The molecule has 4 heteroatoms. The molecule has 0 amide bonds. The molecule has 0 bridgehead atoms. The molecule has 0 saturated carbocycles. The first kappa shape index (κ1) is 15.3. The number of benzene rings is 2. The van der Waals surface area contributed by atoms with Gasteiger partial charge in [0.05, 0.1) is 10.2 Å². The number of fused-ring (bicyclic) bond motifs is 1. The number of aromatic nitrogens is 1. The summed E-state index contributed by atoms with van der Waals surface area (Å²) in [5, 5.41) is 13.6. The third-order valence-corrected chi connectivity index (χ3v) is 4.18. The first-order valence-electron chi connectivity index (χ1n) is 7.06. The van der Waals surface area contributed by atoms with Crippen LogP contribution in [-0.4, -0.2) is 17.1 Å². The molecule has 3 aromatic rings. The van der Waals surface area contributed by atoms with Gasteiger partial charge in [-0.1, -0.05) is 13.8 Å². The first-order valence-corrected chi connectivity index (χ1v) is 7.87. The topological polar surface area (TPSA) is 45.2 Å². The van der Waals surface area contributed by atoms with Crippen molar-refractivity contribution in [2.45, 2.75) is 20.8 Å². The zero-order valence-corrected chi connectivity index (χ0v) is 13.6. The van der Waals surface area contributed by atoms with E-state index in [1.165, 1.54) is 5.56 Å². The molecule has 0 atom stereocenters. The number of anilines is 1. The lowest BCUT2D eigenvalue weighted by Gasteiger charge is -2.05. The minimum absolute atomic E-state index is 0.282. The van der Waals surface area contributed by atoms with Crippen LogP contribution in [-0.2, 0) is 0 Å². The number of phenols is 1. The van der Waals surface area contributed by atoms with Gasteiger partial charge in [-0.25, -0.2) is 4.98 Å². The number of hydrogen-bond acceptors (Lipinski definition) is 4. The Hall–Kier alpha value is -2.07. The van der Waals surface area contributed by atoms with Crippen LogP contribution in [0.1, 0.15) is 19.4 Å². The van der Waals surface area contributed by atoms with Gasteiger partial charge in [0.15, 0.2) is 0 Å². The van der Waals surface area contributed by atoms with Crippen molar-refractivity contribution in [3.8, 4) is 16.3 Å². The zero-order chi connectivity index (χ0) is 15.4. The molecular formula is C17H20N2OS. The summed E-state index contributed by atoms with van der Waals surface area (Å²) in [6.45, 7) is 6.08. The number of aryl methyl sites for hydroxylation is 1. The van der Waals surface area contributed by atoms with E-state index < -0.39 is 0 Å². The molecule has 1 aromatic heterocycles. The van der Waals surface area contributed by atoms with Gasteiger partial charge in [0, 0.05) is 18.3 Å². The summed E-state index contributed by atoms with van der Waals surface area (Å²) in [6.07, 6.45) is 0. The fourth-order valence-electron chi connectivity index (χ4n) is 2.11. The van der Waals surface area contributed by atoms with Gasteiger partial charge in [-0.05, 0) is 48.9 Å². The Morgan fingerprint density at radius 3 is 2.52 bits per heavy atom. The van der Waals surface area contributed by atoms with Crippen molar-refractivity contribution in [1.82, 2.24) is 4.98 Å². The number of hydrogen-bond donors (Lipinski definition) is 2. The van der Waals surface area contributed by atoms with Crippen molar-refractivity contribution < 1.29 is 5.11 Å². The second-order valence-corrected chi connectivity index (χ2v) is 5.48. The highest BCUT2D eigenvalue weighted by Gasteiger charge is 2.08. The molecule has 0 saturated heterocycles. The molecule has 0 radical (unpaired) electrons. The van der Waals surface area contributed by atoms with Crippen LogP contribution in [0.25, 0.3) is 20.8 Å². The standard InChI is InChI=1S/C15H14N2OS.C2H6/c1-9-7-10(3-5-12(9)16-2)15-17-13-6-4-11(18)8-14(13)19-15;1-2/h3-8,16,18H,1-2H3;1-2H3. The predicted molar refractivity (Wildman–Crippen MR) is 92.4 cm³/mol. The van der Waals surface area contributed by atoms with Gasteiger partial charge in [-0.3, -0.25) is 0 Å². The Bertz CT molecular complexity index is 750. The SMILES string of the molecule is CC.CNc1ccc(-c2nc3ccc(O)cc3s2)cc1C. The average molecular weight is 300 g/mol. The number of phenolic OH excluding ortho intramolecular Hbond substituents is 1. The highest BCUT2D eigenvalue weighted by molar-refractivity contribution is 7.21. The highest BCUT2D eigenvalue weighted by atomic mass is 32.1. The minimum atomic E-state index is 0.282. The molecule has 0 fully saturated rings. The third-order valence-electron chi connectivity index (χ3n) is 3.11. The van der Waals surface area contributed by atoms with Crippen LogP contribution in [0.2, 0.25) is 0 Å². The molecule has 2 aromatic carbocycles. The second kappa shape index (κ2) is 6.59. The van der Waals surface area contributed by atoms with Gasteiger partial charge < -0.3 is 10.4 Å². The van der Waals surface area contributed by atoms with Gasteiger partial charge in [-0.2, -0.15) is 0 Å². The molecule has 0 unspecified atom stereocenters. The van der Waals surface area contributed by atoms with E-state index in [4.69, 9.17) is 0 Å². The summed E-state index contributed by atoms with van der Waals surface area (Å²) in [6, 6.07) is 11.5. The largest absolute Gasteiger partial charge is 0.508 e. The molecular weight excluding hydrogens is 280 g/mol. The molecule has 1 heterocycles. The van der Waals surface area contributed by atoms with E-state index >= 15 is 0 Å². The second-order valence-electron chi connectivity index (χ2n) is 4.45. The molecule has 0 aliphatic heterocycles. The van der Waals surface area contributed by atoms with Gasteiger partial charge in [0.1, 0.15) is 10.8 Å². The van der Waals surface area contributed by atoms with Crippen LogP contribution in [0.5, 0.6) is 5.75 Å². The number of thiazole rings is 1. The van der Waals surface area contributed by atoms with E-state index in [1.54, 1.807) is 23.5 Å². The van der Waals surface area contributed by atoms with E-state index in [0.717, 1.165) is 26.5 Å². The van der Waals surface area contributed by atoms with Crippen LogP contribution >= 0.6 is 11.3 Å². The van der Waals surface area contributed by atoms with Crippen LogP contribution in [0.4, 0.5) is 5.69 Å². The first-order chi connectivity index (χ1) is 10.2. The molecule has 0 spiro atoms. The Kier molecular flexibility index (Phi) is 4.81. The Balaban J connectivity index is 0.000000774. The van der Waals surface area contributed by atoms with Crippen LogP contribution < -0.4 is 5.32 Å². The lowest BCUT2D eigenvalue weighted by molar-refractivity contribution is 0.476. The molecule has 0 aliphatic carbocycles. The number of nitrogens with one attached hydrogen (secondary N) is 1. The number of nitrogens with zero attached hydrogens (tertiary/aromatic N) is 1. The molecule has 2 N–H and O–H groups in total. The van der Waals surface area contributed by atoms with E-state index in [-0.39, 0.29) is 5.75 Å². The molecule has 21 heavy (non-hydrogen) atoms. The van der Waals surface area contributed by atoms with Gasteiger partial charge in [-0.15, -0.1) is 11.3 Å². The Labute approximate surface area is 129 Å². The van der Waals surface area contributed by atoms with E-state index in [9.17, 15) is 5.11 Å². The van der Waals surface area contributed by atoms with Gasteiger partial charge >= 0.3 is 0 Å². The maximum atomic E-state index is 9.49. The predicted octanol–water partition coefficient (Wildman–Crippen LogP) is 5.05. The summed E-state index contributed by atoms with van der Waals surface area (Å²) in [4.78, 5) is 4.61. The van der Waals surface area contributed by atoms with E-state index in [1.807, 2.05) is 27.0 Å². The van der Waals surface area contributed by atoms with Crippen molar-refractivity contribution in [3.05, 3.63) is 42.0 Å². The van der Waals surface area contributed by atoms with E-state index in [2.05, 4.69) is 35.4 Å². The third kappa shape index (κ3) is 3.16. The van der Waals surface area contributed by atoms with E-state index in [0.29, 0.717) is 0 Å². The van der Waals surface area contributed by atoms with Crippen LogP contribution in [0.3, 0.4) is 0 Å². The number of aromatic hydroxyl groups is 1. The van der Waals surface area contributed by atoms with Crippen molar-refractivity contribution in [2.24, 2.45) is 0 Å². The molecule has 0 aliphatic rings. The van der Waals surface area contributed by atoms with Gasteiger partial charge in [0.25, 0.3) is 0 Å². The van der Waals surface area contributed by atoms with Crippen molar-refractivity contribution in [1.29, 1.82) is 0 Å². The highest BCUT2D eigenvalue weighted by Crippen LogP contribution is 2.33. The van der Waals surface area contributed by atoms with Gasteiger partial charge in [0.2, 0.25) is 0 Å². The maximum absolute atomic E-state index is 9.49. The van der Waals surface area contributed by atoms with Crippen molar-refractivity contribution in [3.63, 3.8) is 0 Å². The van der Waals surface area contributed by atoms with Crippen molar-refractivity contribution >= 4 is 27.2 Å². The molecule has 110 valence electrons. The summed E-state index contributed by atoms with van der Waals surface area (Å²) < 4.78 is 1.00. The normalized spacial score (nSPS) is 10.1. The summed E-state index contributed by atoms with van der Waals surface area (Å²) in [7, 11) is 1.92. The summed E-state index contributed by atoms with van der Waals surface area (Å²) in [5.74, 6) is 0.282. The maximum Gasteiger partial charge on any atom is 0.124 e. The number of rotatable bonds is 2. The average Bonchev–Trinajstić information content (AvgIpc) is 2.92. The fourth-order valence-corrected chi connectivity index (χ4v) is 3.11. The minimum Gasteiger partial charge on any atom is -0.508 e. The lowest BCUT2D eigenvalue weighted by Crippen LogP contribution is -1.91. The summed E-state index contributed by atoms with van der Waals surface area (Å²) in [5.41, 5.74) is 4.36. The Morgan fingerprint density at radius 1 is 1.10 bits per heavy atom. The smallest absolute Gasteiger partial charge is 0.124 e.